The molecule has 4 nitrogen and oxygen atoms in total. The van der Waals surface area contributed by atoms with Gasteiger partial charge in [0.2, 0.25) is 0 Å². The van der Waals surface area contributed by atoms with Gasteiger partial charge in [-0.05, 0) is 55.0 Å². The summed E-state index contributed by atoms with van der Waals surface area (Å²) in [4.78, 5) is 18.3. The maximum absolute atomic E-state index is 13.3. The largest absolute Gasteiger partial charge is 0.337 e. The minimum atomic E-state index is -0.516. The maximum atomic E-state index is 13.3. The lowest BCUT2D eigenvalue weighted by Crippen LogP contribution is -2.46. The van der Waals surface area contributed by atoms with Gasteiger partial charge in [0, 0.05) is 49.2 Å². The summed E-state index contributed by atoms with van der Waals surface area (Å²) in [5.41, 5.74) is 1.40. The van der Waals surface area contributed by atoms with E-state index in [-0.39, 0.29) is 17.9 Å². The number of pyridine rings is 1. The first-order valence-electron chi connectivity index (χ1n) is 9.00. The fourth-order valence-corrected chi connectivity index (χ4v) is 3.93. The molecule has 1 aromatic heterocycles. The van der Waals surface area contributed by atoms with Crippen LogP contribution in [0.1, 0.15) is 41.1 Å². The highest BCUT2D eigenvalue weighted by atomic mass is 19.1. The Bertz CT molecular complexity index is 773. The van der Waals surface area contributed by atoms with Gasteiger partial charge in [-0.3, -0.25) is 9.78 Å². The number of aromatic nitrogens is 1. The first-order valence-corrected chi connectivity index (χ1v) is 9.00. The molecule has 1 aliphatic carbocycles. The zero-order valence-corrected chi connectivity index (χ0v) is 14.4. The van der Waals surface area contributed by atoms with E-state index in [0.29, 0.717) is 18.2 Å². The number of nitrogens with zero attached hydrogens (tertiary/aromatic N) is 2. The summed E-state index contributed by atoms with van der Waals surface area (Å²) in [6.07, 6.45) is 5.92. The fourth-order valence-electron chi connectivity index (χ4n) is 3.93. The Balaban J connectivity index is 1.27. The van der Waals surface area contributed by atoms with Gasteiger partial charge < -0.3 is 10.2 Å². The van der Waals surface area contributed by atoms with E-state index in [1.165, 1.54) is 12.1 Å². The molecule has 1 N–H and O–H groups in total. The molecule has 1 saturated heterocycles. The number of nitrogens with one attached hydrogen (secondary N) is 1. The van der Waals surface area contributed by atoms with E-state index in [9.17, 15) is 13.6 Å². The highest BCUT2D eigenvalue weighted by Gasteiger charge is 2.34. The van der Waals surface area contributed by atoms with Crippen molar-refractivity contribution in [2.24, 2.45) is 0 Å². The van der Waals surface area contributed by atoms with E-state index in [4.69, 9.17) is 0 Å². The molecule has 1 saturated carbocycles. The minimum Gasteiger partial charge on any atom is -0.337 e. The lowest BCUT2D eigenvalue weighted by atomic mass is 9.75. The maximum Gasteiger partial charge on any atom is 0.254 e. The van der Waals surface area contributed by atoms with E-state index in [2.05, 4.69) is 10.3 Å². The van der Waals surface area contributed by atoms with Crippen LogP contribution in [0.5, 0.6) is 0 Å². The van der Waals surface area contributed by atoms with Crippen LogP contribution in [0.25, 0.3) is 0 Å². The second-order valence-electron chi connectivity index (χ2n) is 7.21. The van der Waals surface area contributed by atoms with Crippen molar-refractivity contribution in [3.8, 4) is 0 Å². The molecule has 0 bridgehead atoms. The second kappa shape index (κ2) is 7.11. The summed E-state index contributed by atoms with van der Waals surface area (Å²) >= 11 is 0. The number of amides is 1. The number of rotatable bonds is 4. The van der Waals surface area contributed by atoms with Gasteiger partial charge in [-0.1, -0.05) is 0 Å². The Morgan fingerprint density at radius 2 is 1.77 bits per heavy atom. The zero-order valence-electron chi connectivity index (χ0n) is 14.4. The lowest BCUT2D eigenvalue weighted by molar-refractivity contribution is 0.0787. The standard InChI is InChI=1S/C20H21F2N3O/c21-16-7-14(8-17(22)11-16)15-9-19(10-15)24-18-3-6-25(12-18)20(26)13-1-4-23-5-2-13/h1-2,4-5,7-8,11,15,18-19,24H,3,6,9-10,12H2. The van der Waals surface area contributed by atoms with Crippen molar-refractivity contribution in [2.75, 3.05) is 13.1 Å². The van der Waals surface area contributed by atoms with Crippen LogP contribution in [0.4, 0.5) is 8.78 Å². The molecule has 4 rings (SSSR count). The third-order valence-electron chi connectivity index (χ3n) is 5.37. The molecule has 2 aliphatic rings. The number of hydrogen-bond donors (Lipinski definition) is 1. The Morgan fingerprint density at radius 1 is 1.08 bits per heavy atom. The summed E-state index contributed by atoms with van der Waals surface area (Å²) in [7, 11) is 0. The number of halogens is 2. The van der Waals surface area contributed by atoms with Crippen molar-refractivity contribution in [3.05, 3.63) is 65.5 Å². The van der Waals surface area contributed by atoms with Crippen LogP contribution in [0.2, 0.25) is 0 Å². The molecule has 2 aromatic rings. The molecule has 26 heavy (non-hydrogen) atoms. The molecular weight excluding hydrogens is 336 g/mol. The molecule has 0 radical (unpaired) electrons. The monoisotopic (exact) mass is 357 g/mol. The van der Waals surface area contributed by atoms with Crippen LogP contribution in [-0.4, -0.2) is 41.0 Å². The first kappa shape index (κ1) is 17.1. The highest BCUT2D eigenvalue weighted by molar-refractivity contribution is 5.94. The number of hydrogen-bond acceptors (Lipinski definition) is 3. The summed E-state index contributed by atoms with van der Waals surface area (Å²) < 4.78 is 26.7. The van der Waals surface area contributed by atoms with Crippen molar-refractivity contribution in [3.63, 3.8) is 0 Å². The van der Waals surface area contributed by atoms with E-state index in [1.54, 1.807) is 24.5 Å². The summed E-state index contributed by atoms with van der Waals surface area (Å²) in [5, 5.41) is 3.59. The molecular formula is C20H21F2N3O. The van der Waals surface area contributed by atoms with E-state index in [0.717, 1.165) is 37.4 Å². The van der Waals surface area contributed by atoms with Gasteiger partial charge >= 0.3 is 0 Å². The zero-order chi connectivity index (χ0) is 18.1. The molecule has 1 aromatic carbocycles. The molecule has 2 heterocycles. The van der Waals surface area contributed by atoms with Crippen molar-refractivity contribution < 1.29 is 13.6 Å². The topological polar surface area (TPSA) is 45.2 Å². The van der Waals surface area contributed by atoms with Crippen LogP contribution < -0.4 is 5.32 Å². The Kier molecular flexibility index (Phi) is 4.68. The van der Waals surface area contributed by atoms with Gasteiger partial charge in [-0.25, -0.2) is 8.78 Å². The number of benzene rings is 1. The second-order valence-corrected chi connectivity index (χ2v) is 7.21. The molecule has 1 amide bonds. The SMILES string of the molecule is O=C(c1ccncc1)N1CCC(NC2CC(c3cc(F)cc(F)c3)C2)C1. The van der Waals surface area contributed by atoms with Crippen LogP contribution in [0, 0.1) is 11.6 Å². The Labute approximate surface area is 151 Å². The van der Waals surface area contributed by atoms with Crippen LogP contribution in [-0.2, 0) is 0 Å². The summed E-state index contributed by atoms with van der Waals surface area (Å²) in [5.74, 6) is -0.790. The van der Waals surface area contributed by atoms with Crippen molar-refractivity contribution in [1.82, 2.24) is 15.2 Å². The van der Waals surface area contributed by atoms with Crippen LogP contribution in [0.15, 0.2) is 42.7 Å². The molecule has 1 aliphatic heterocycles. The van der Waals surface area contributed by atoms with Crippen molar-refractivity contribution in [1.29, 1.82) is 0 Å². The Hall–Kier alpha value is -2.34. The molecule has 136 valence electrons. The van der Waals surface area contributed by atoms with Gasteiger partial charge in [0.05, 0.1) is 0 Å². The summed E-state index contributed by atoms with van der Waals surface area (Å²) in [6.45, 7) is 1.43. The van der Waals surface area contributed by atoms with Gasteiger partial charge in [0.1, 0.15) is 11.6 Å². The first-order chi connectivity index (χ1) is 12.6. The molecule has 6 heteroatoms. The van der Waals surface area contributed by atoms with E-state index in [1.807, 2.05) is 4.90 Å². The summed E-state index contributed by atoms with van der Waals surface area (Å²) in [6, 6.07) is 7.84. The van der Waals surface area contributed by atoms with Gasteiger partial charge in [0.15, 0.2) is 0 Å². The molecule has 0 spiro atoms. The van der Waals surface area contributed by atoms with E-state index < -0.39 is 11.6 Å². The number of carbonyl (C=O) groups excluding carboxylic acids is 1. The fraction of sp³-hybridized carbons (Fsp3) is 0.400. The minimum absolute atomic E-state index is 0.0402. The van der Waals surface area contributed by atoms with Crippen LogP contribution >= 0.6 is 0 Å². The molecule has 2 fully saturated rings. The average Bonchev–Trinajstić information content (AvgIpc) is 3.05. The third-order valence-corrected chi connectivity index (χ3v) is 5.37. The highest BCUT2D eigenvalue weighted by Crippen LogP contribution is 2.38. The smallest absolute Gasteiger partial charge is 0.254 e. The lowest BCUT2D eigenvalue weighted by Gasteiger charge is -2.38. The predicted molar refractivity (Wildman–Crippen MR) is 93.8 cm³/mol. The number of likely N-dealkylation sites (tertiary alicyclic amines) is 1. The normalized spacial score (nSPS) is 25.2. The third kappa shape index (κ3) is 3.60. The van der Waals surface area contributed by atoms with Gasteiger partial charge in [-0.2, -0.15) is 0 Å². The van der Waals surface area contributed by atoms with Crippen molar-refractivity contribution >= 4 is 5.91 Å². The van der Waals surface area contributed by atoms with Crippen LogP contribution in [0.3, 0.4) is 0 Å². The van der Waals surface area contributed by atoms with Gasteiger partial charge in [0.25, 0.3) is 5.91 Å². The quantitative estimate of drug-likeness (QED) is 0.915. The average molecular weight is 357 g/mol. The van der Waals surface area contributed by atoms with Crippen molar-refractivity contribution in [2.45, 2.75) is 37.3 Å². The number of carbonyl (C=O) groups is 1. The van der Waals surface area contributed by atoms with Gasteiger partial charge in [-0.15, -0.1) is 0 Å². The molecule has 1 atom stereocenters. The predicted octanol–water partition coefficient (Wildman–Crippen LogP) is 3.11. The Morgan fingerprint density at radius 3 is 2.46 bits per heavy atom. The molecule has 1 unspecified atom stereocenters. The van der Waals surface area contributed by atoms with E-state index >= 15 is 0 Å².